The Balaban J connectivity index is 2.38. The minimum atomic E-state index is -0.918. The molecule has 1 aliphatic heterocycles. The Morgan fingerprint density at radius 3 is 2.74 bits per heavy atom. The third-order valence-corrected chi connectivity index (χ3v) is 4.21. The van der Waals surface area contributed by atoms with Gasteiger partial charge in [-0.15, -0.1) is 0 Å². The molecule has 1 heterocycles. The molecule has 6 nitrogen and oxygen atoms in total. The number of hydrogen-bond acceptors (Lipinski definition) is 5. The first-order chi connectivity index (χ1) is 11.0. The van der Waals surface area contributed by atoms with Crippen molar-refractivity contribution in [2.45, 2.75) is 32.2 Å². The fraction of sp³-hybridized carbons (Fsp3) is 0.438. The number of benzene rings is 1. The number of hydrogen-bond donors (Lipinski definition) is 0. The minimum absolute atomic E-state index is 0.0388. The van der Waals surface area contributed by atoms with E-state index < -0.39 is 23.9 Å². The van der Waals surface area contributed by atoms with E-state index in [1.807, 2.05) is 6.07 Å². The first-order valence-corrected chi connectivity index (χ1v) is 8.12. The number of methoxy groups -OCH3 is 1. The molecular formula is C16H18BrNO5. The molecule has 7 heteroatoms. The monoisotopic (exact) mass is 383 g/mol. The summed E-state index contributed by atoms with van der Waals surface area (Å²) in [5, 5.41) is 0. The highest BCUT2D eigenvalue weighted by Gasteiger charge is 2.36. The second-order valence-corrected chi connectivity index (χ2v) is 6.06. The largest absolute Gasteiger partial charge is 0.469 e. The van der Waals surface area contributed by atoms with Gasteiger partial charge in [0.05, 0.1) is 20.1 Å². The van der Waals surface area contributed by atoms with Crippen molar-refractivity contribution in [3.05, 3.63) is 28.2 Å². The maximum atomic E-state index is 12.5. The quantitative estimate of drug-likeness (QED) is 0.590. The second-order valence-electron chi connectivity index (χ2n) is 5.14. The summed E-state index contributed by atoms with van der Waals surface area (Å²) in [7, 11) is 1.30. The topological polar surface area (TPSA) is 72.9 Å². The molecule has 1 aromatic rings. The Bertz CT molecular complexity index is 631. The van der Waals surface area contributed by atoms with Crippen molar-refractivity contribution in [2.75, 3.05) is 18.6 Å². The van der Waals surface area contributed by atoms with Gasteiger partial charge in [0, 0.05) is 16.2 Å². The minimum Gasteiger partial charge on any atom is -0.469 e. The Kier molecular flexibility index (Phi) is 5.76. The normalized spacial score (nSPS) is 16.5. The van der Waals surface area contributed by atoms with Crippen LogP contribution in [-0.2, 0) is 30.3 Å². The molecule has 0 radical (unpaired) electrons. The number of ether oxygens (including phenoxy) is 2. The van der Waals surface area contributed by atoms with Gasteiger partial charge >= 0.3 is 17.8 Å². The molecule has 2 rings (SSSR count). The smallest absolute Gasteiger partial charge is 0.397 e. The number of carbonyl (C=O) groups excluding carboxylic acids is 3. The highest BCUT2D eigenvalue weighted by atomic mass is 79.9. The predicted molar refractivity (Wildman–Crippen MR) is 87.0 cm³/mol. The first kappa shape index (κ1) is 17.5. The van der Waals surface area contributed by atoms with Gasteiger partial charge in [-0.2, -0.15) is 0 Å². The lowest BCUT2D eigenvalue weighted by atomic mass is 9.93. The molecule has 1 amide bonds. The van der Waals surface area contributed by atoms with E-state index in [2.05, 4.69) is 15.9 Å². The Hall–Kier alpha value is -1.89. The molecule has 1 unspecified atom stereocenters. The summed E-state index contributed by atoms with van der Waals surface area (Å²) in [4.78, 5) is 37.4. The van der Waals surface area contributed by atoms with Crippen LogP contribution in [0.25, 0.3) is 0 Å². The first-order valence-electron chi connectivity index (χ1n) is 7.33. The van der Waals surface area contributed by atoms with Crippen LogP contribution in [0.1, 0.15) is 25.3 Å². The number of aryl methyl sites for hydroxylation is 1. The van der Waals surface area contributed by atoms with Crippen molar-refractivity contribution < 1.29 is 23.9 Å². The molecule has 0 saturated heterocycles. The predicted octanol–water partition coefficient (Wildman–Crippen LogP) is 2.22. The van der Waals surface area contributed by atoms with Crippen LogP contribution in [0.2, 0.25) is 0 Å². The lowest BCUT2D eigenvalue weighted by Gasteiger charge is -2.36. The fourth-order valence-electron chi connectivity index (χ4n) is 2.67. The molecule has 0 spiro atoms. The summed E-state index contributed by atoms with van der Waals surface area (Å²) >= 11 is 3.40. The molecule has 0 saturated carbocycles. The van der Waals surface area contributed by atoms with E-state index in [9.17, 15) is 14.4 Å². The summed E-state index contributed by atoms with van der Waals surface area (Å²) in [6.07, 6.45) is 1.32. The zero-order valence-electron chi connectivity index (χ0n) is 13.0. The van der Waals surface area contributed by atoms with Gasteiger partial charge in [0.2, 0.25) is 0 Å². The van der Waals surface area contributed by atoms with Crippen LogP contribution < -0.4 is 4.90 Å². The summed E-state index contributed by atoms with van der Waals surface area (Å²) in [6, 6.07) is 5.05. The standard InChI is InChI=1S/C16H18BrNO5/c1-3-23-16(21)15(20)18-12(9-14(19)22-2)6-4-10-8-11(17)5-7-13(10)18/h5,7-8,12H,3-4,6,9H2,1-2H3. The Morgan fingerprint density at radius 1 is 1.35 bits per heavy atom. The number of esters is 2. The molecule has 1 aliphatic rings. The number of fused-ring (bicyclic) bond motifs is 1. The van der Waals surface area contributed by atoms with E-state index in [4.69, 9.17) is 9.47 Å². The summed E-state index contributed by atoms with van der Waals surface area (Å²) in [6.45, 7) is 1.76. The zero-order valence-corrected chi connectivity index (χ0v) is 14.6. The van der Waals surface area contributed by atoms with E-state index in [0.717, 1.165) is 10.0 Å². The lowest BCUT2D eigenvalue weighted by molar-refractivity contribution is -0.153. The van der Waals surface area contributed by atoms with E-state index in [-0.39, 0.29) is 13.0 Å². The molecule has 23 heavy (non-hydrogen) atoms. The van der Waals surface area contributed by atoms with Crippen molar-refractivity contribution in [2.24, 2.45) is 0 Å². The summed E-state index contributed by atoms with van der Waals surface area (Å²) in [5.74, 6) is -2.10. The SMILES string of the molecule is CCOC(=O)C(=O)N1c2ccc(Br)cc2CCC1CC(=O)OC. The van der Waals surface area contributed by atoms with Crippen molar-refractivity contribution in [3.63, 3.8) is 0 Å². The number of amides is 1. The number of rotatable bonds is 3. The van der Waals surface area contributed by atoms with Gasteiger partial charge in [0.15, 0.2) is 0 Å². The molecule has 1 aromatic carbocycles. The molecular weight excluding hydrogens is 366 g/mol. The molecule has 0 aromatic heterocycles. The van der Waals surface area contributed by atoms with Crippen LogP contribution >= 0.6 is 15.9 Å². The van der Waals surface area contributed by atoms with Crippen LogP contribution in [0.3, 0.4) is 0 Å². The van der Waals surface area contributed by atoms with Crippen molar-refractivity contribution in [1.29, 1.82) is 0 Å². The lowest BCUT2D eigenvalue weighted by Crippen LogP contribution is -2.48. The van der Waals surface area contributed by atoms with Crippen molar-refractivity contribution in [3.8, 4) is 0 Å². The second kappa shape index (κ2) is 7.59. The summed E-state index contributed by atoms with van der Waals surface area (Å²) in [5.41, 5.74) is 1.57. The maximum Gasteiger partial charge on any atom is 0.397 e. The van der Waals surface area contributed by atoms with Crippen LogP contribution in [0.4, 0.5) is 5.69 Å². The summed E-state index contributed by atoms with van der Waals surface area (Å²) < 4.78 is 10.4. The molecule has 0 fully saturated rings. The molecule has 124 valence electrons. The van der Waals surface area contributed by atoms with Crippen LogP contribution in [0.5, 0.6) is 0 Å². The van der Waals surface area contributed by atoms with E-state index in [1.54, 1.807) is 19.1 Å². The third kappa shape index (κ3) is 3.90. The van der Waals surface area contributed by atoms with Gasteiger partial charge in [-0.3, -0.25) is 14.5 Å². The average Bonchev–Trinajstić information content (AvgIpc) is 2.54. The molecule has 0 aliphatic carbocycles. The van der Waals surface area contributed by atoms with Gasteiger partial charge in [0.1, 0.15) is 0 Å². The van der Waals surface area contributed by atoms with Gasteiger partial charge in [-0.05, 0) is 43.5 Å². The van der Waals surface area contributed by atoms with E-state index in [1.165, 1.54) is 12.0 Å². The average molecular weight is 384 g/mol. The molecule has 0 N–H and O–H groups in total. The van der Waals surface area contributed by atoms with Crippen LogP contribution in [-0.4, -0.2) is 37.6 Å². The Labute approximate surface area is 142 Å². The highest BCUT2D eigenvalue weighted by molar-refractivity contribution is 9.10. The third-order valence-electron chi connectivity index (χ3n) is 3.71. The number of halogens is 1. The number of nitrogens with zero attached hydrogens (tertiary/aromatic N) is 1. The number of carbonyl (C=O) groups is 3. The molecule has 1 atom stereocenters. The highest BCUT2D eigenvalue weighted by Crippen LogP contribution is 2.34. The van der Waals surface area contributed by atoms with E-state index in [0.29, 0.717) is 18.5 Å². The Morgan fingerprint density at radius 2 is 2.09 bits per heavy atom. The maximum absolute atomic E-state index is 12.5. The van der Waals surface area contributed by atoms with Gasteiger partial charge in [0.25, 0.3) is 0 Å². The van der Waals surface area contributed by atoms with Crippen LogP contribution in [0.15, 0.2) is 22.7 Å². The fourth-order valence-corrected chi connectivity index (χ4v) is 3.08. The number of anilines is 1. The molecule has 0 bridgehead atoms. The van der Waals surface area contributed by atoms with Gasteiger partial charge in [-0.1, -0.05) is 15.9 Å². The van der Waals surface area contributed by atoms with E-state index >= 15 is 0 Å². The van der Waals surface area contributed by atoms with Gasteiger partial charge in [-0.25, -0.2) is 4.79 Å². The van der Waals surface area contributed by atoms with Crippen molar-refractivity contribution in [1.82, 2.24) is 0 Å². The van der Waals surface area contributed by atoms with Crippen molar-refractivity contribution >= 4 is 39.5 Å². The van der Waals surface area contributed by atoms with Gasteiger partial charge < -0.3 is 9.47 Å². The zero-order chi connectivity index (χ0) is 17.0. The van der Waals surface area contributed by atoms with Crippen LogP contribution in [0, 0.1) is 0 Å².